The molecule has 0 aliphatic carbocycles. The first kappa shape index (κ1) is 14.0. The van der Waals surface area contributed by atoms with E-state index in [1.165, 1.54) is 17.0 Å². The van der Waals surface area contributed by atoms with Crippen LogP contribution in [-0.4, -0.2) is 39.3 Å². The molecule has 0 saturated heterocycles. The molecule has 1 amide bonds. The first-order valence-corrected chi connectivity index (χ1v) is 6.24. The van der Waals surface area contributed by atoms with E-state index >= 15 is 0 Å². The predicted octanol–water partition coefficient (Wildman–Crippen LogP) is 0.693. The number of nitrogen functional groups attached to an aromatic ring is 1. The van der Waals surface area contributed by atoms with Crippen molar-refractivity contribution in [1.29, 1.82) is 0 Å². The van der Waals surface area contributed by atoms with E-state index in [0.29, 0.717) is 6.54 Å². The van der Waals surface area contributed by atoms with Crippen LogP contribution in [0.2, 0.25) is 0 Å². The molecule has 2 aromatic rings. The van der Waals surface area contributed by atoms with E-state index in [4.69, 9.17) is 10.8 Å². The minimum atomic E-state index is -0.282. The molecule has 0 spiro atoms. The number of hydrogen-bond acceptors (Lipinski definition) is 5. The van der Waals surface area contributed by atoms with Crippen molar-refractivity contribution in [1.82, 2.24) is 15.1 Å². The van der Waals surface area contributed by atoms with Crippen LogP contribution in [0.3, 0.4) is 0 Å². The Labute approximate surface area is 116 Å². The van der Waals surface area contributed by atoms with E-state index < -0.39 is 0 Å². The fourth-order valence-electron chi connectivity index (χ4n) is 1.80. The molecule has 0 fully saturated rings. The minimum Gasteiger partial charge on any atom is -0.395 e. The van der Waals surface area contributed by atoms with E-state index in [-0.39, 0.29) is 30.6 Å². The van der Waals surface area contributed by atoms with Gasteiger partial charge < -0.3 is 15.7 Å². The number of benzene rings is 1. The number of nitrogens with zero attached hydrogens (tertiary/aromatic N) is 3. The Morgan fingerprint density at radius 1 is 1.15 bits per heavy atom. The van der Waals surface area contributed by atoms with Crippen LogP contribution in [0.5, 0.6) is 0 Å². The summed E-state index contributed by atoms with van der Waals surface area (Å²) in [5.41, 5.74) is 6.64. The smallest absolute Gasteiger partial charge is 0.274 e. The number of rotatable bonds is 5. The van der Waals surface area contributed by atoms with Crippen molar-refractivity contribution in [2.75, 3.05) is 18.9 Å². The number of carbonyl (C=O) groups excluding carboxylic acids is 1. The monoisotopic (exact) mass is 272 g/mol. The fraction of sp³-hybridized carbons (Fsp3) is 0.214. The third-order valence-electron chi connectivity index (χ3n) is 2.78. The molecule has 0 unspecified atom stereocenters. The van der Waals surface area contributed by atoms with Crippen molar-refractivity contribution in [2.24, 2.45) is 0 Å². The van der Waals surface area contributed by atoms with E-state index in [1.54, 1.807) is 0 Å². The minimum absolute atomic E-state index is 0.110. The molecule has 0 aliphatic rings. The van der Waals surface area contributed by atoms with Gasteiger partial charge in [0.2, 0.25) is 0 Å². The number of aromatic nitrogens is 2. The molecule has 1 heterocycles. The van der Waals surface area contributed by atoms with Crippen LogP contribution in [0.15, 0.2) is 42.5 Å². The number of nitrogens with two attached hydrogens (primary N) is 1. The zero-order valence-corrected chi connectivity index (χ0v) is 10.9. The molecule has 0 atom stereocenters. The third kappa shape index (κ3) is 3.52. The van der Waals surface area contributed by atoms with Crippen LogP contribution >= 0.6 is 0 Å². The van der Waals surface area contributed by atoms with Gasteiger partial charge in [-0.05, 0) is 17.7 Å². The molecule has 0 radical (unpaired) electrons. The summed E-state index contributed by atoms with van der Waals surface area (Å²) in [6.07, 6.45) is 0. The summed E-state index contributed by atoms with van der Waals surface area (Å²) in [6, 6.07) is 12.6. The van der Waals surface area contributed by atoms with Gasteiger partial charge in [-0.15, -0.1) is 10.2 Å². The van der Waals surface area contributed by atoms with E-state index in [2.05, 4.69) is 10.2 Å². The maximum Gasteiger partial charge on any atom is 0.274 e. The van der Waals surface area contributed by atoms with Crippen LogP contribution in [0.25, 0.3) is 0 Å². The van der Waals surface area contributed by atoms with Gasteiger partial charge in [0.15, 0.2) is 5.69 Å². The average molecular weight is 272 g/mol. The summed E-state index contributed by atoms with van der Waals surface area (Å²) in [7, 11) is 0. The molecule has 0 bridgehead atoms. The molecule has 6 nitrogen and oxygen atoms in total. The van der Waals surface area contributed by atoms with Gasteiger partial charge in [0.05, 0.1) is 6.61 Å². The lowest BCUT2D eigenvalue weighted by Gasteiger charge is -2.21. The van der Waals surface area contributed by atoms with Gasteiger partial charge in [-0.2, -0.15) is 0 Å². The average Bonchev–Trinajstić information content (AvgIpc) is 2.48. The zero-order valence-electron chi connectivity index (χ0n) is 10.9. The van der Waals surface area contributed by atoms with E-state index in [0.717, 1.165) is 5.56 Å². The lowest BCUT2D eigenvalue weighted by atomic mass is 10.2. The fourth-order valence-corrected chi connectivity index (χ4v) is 1.80. The molecule has 6 heteroatoms. The first-order valence-electron chi connectivity index (χ1n) is 6.24. The van der Waals surface area contributed by atoms with Crippen molar-refractivity contribution in [3.63, 3.8) is 0 Å². The maximum absolute atomic E-state index is 12.3. The normalized spacial score (nSPS) is 10.2. The summed E-state index contributed by atoms with van der Waals surface area (Å²) < 4.78 is 0. The van der Waals surface area contributed by atoms with Crippen molar-refractivity contribution in [3.05, 3.63) is 53.7 Å². The van der Waals surface area contributed by atoms with Crippen molar-refractivity contribution >= 4 is 11.7 Å². The van der Waals surface area contributed by atoms with Gasteiger partial charge >= 0.3 is 0 Å². The molecule has 1 aromatic carbocycles. The number of hydrogen-bond donors (Lipinski definition) is 2. The zero-order chi connectivity index (χ0) is 14.4. The van der Waals surface area contributed by atoms with Gasteiger partial charge in [-0.1, -0.05) is 30.3 Å². The molecule has 20 heavy (non-hydrogen) atoms. The Morgan fingerprint density at radius 3 is 2.50 bits per heavy atom. The van der Waals surface area contributed by atoms with Gasteiger partial charge in [-0.3, -0.25) is 4.79 Å². The van der Waals surface area contributed by atoms with Crippen molar-refractivity contribution in [3.8, 4) is 0 Å². The van der Waals surface area contributed by atoms with Crippen LogP contribution in [0.1, 0.15) is 16.1 Å². The van der Waals surface area contributed by atoms with Crippen LogP contribution < -0.4 is 5.73 Å². The highest BCUT2D eigenvalue weighted by atomic mass is 16.3. The molecule has 0 aliphatic heterocycles. The summed E-state index contributed by atoms with van der Waals surface area (Å²) in [6.45, 7) is 0.535. The van der Waals surface area contributed by atoms with Crippen LogP contribution in [0.4, 0.5) is 5.82 Å². The second kappa shape index (κ2) is 6.63. The van der Waals surface area contributed by atoms with Gasteiger partial charge in [0.1, 0.15) is 5.82 Å². The summed E-state index contributed by atoms with van der Waals surface area (Å²) in [5, 5.41) is 16.5. The maximum atomic E-state index is 12.3. The molecule has 0 saturated carbocycles. The standard InChI is InChI=1S/C14H16N4O2/c15-13-7-6-12(16-17-13)14(20)18(8-9-19)10-11-4-2-1-3-5-11/h1-7,19H,8-10H2,(H2,15,17). The molecular weight excluding hydrogens is 256 g/mol. The van der Waals surface area contributed by atoms with Crippen molar-refractivity contribution < 1.29 is 9.90 Å². The molecular formula is C14H16N4O2. The molecule has 3 N–H and O–H groups in total. The number of carbonyl (C=O) groups is 1. The Balaban J connectivity index is 2.15. The van der Waals surface area contributed by atoms with Crippen LogP contribution in [-0.2, 0) is 6.54 Å². The summed E-state index contributed by atoms with van der Waals surface area (Å²) >= 11 is 0. The SMILES string of the molecule is Nc1ccc(C(=O)N(CCO)Cc2ccccc2)nn1. The third-order valence-corrected chi connectivity index (χ3v) is 2.78. The Kier molecular flexibility index (Phi) is 4.62. The largest absolute Gasteiger partial charge is 0.395 e. The lowest BCUT2D eigenvalue weighted by molar-refractivity contribution is 0.0701. The molecule has 2 rings (SSSR count). The lowest BCUT2D eigenvalue weighted by Crippen LogP contribution is -2.33. The summed E-state index contributed by atoms with van der Waals surface area (Å²) in [5.74, 6) is -0.0197. The second-order valence-corrected chi connectivity index (χ2v) is 4.28. The Bertz CT molecular complexity index is 557. The number of aliphatic hydroxyl groups is 1. The second-order valence-electron chi connectivity index (χ2n) is 4.28. The first-order chi connectivity index (χ1) is 9.70. The van der Waals surface area contributed by atoms with Crippen molar-refractivity contribution in [2.45, 2.75) is 6.54 Å². The quantitative estimate of drug-likeness (QED) is 0.835. The van der Waals surface area contributed by atoms with E-state index in [1.807, 2.05) is 30.3 Å². The highest BCUT2D eigenvalue weighted by Gasteiger charge is 2.17. The highest BCUT2D eigenvalue weighted by molar-refractivity contribution is 5.92. The van der Waals surface area contributed by atoms with Gasteiger partial charge in [0, 0.05) is 13.1 Å². The van der Waals surface area contributed by atoms with Gasteiger partial charge in [0.25, 0.3) is 5.91 Å². The van der Waals surface area contributed by atoms with Crippen LogP contribution in [0, 0.1) is 0 Å². The molecule has 104 valence electrons. The number of amides is 1. The Hall–Kier alpha value is -2.47. The number of aliphatic hydroxyl groups excluding tert-OH is 1. The highest BCUT2D eigenvalue weighted by Crippen LogP contribution is 2.08. The molecule has 1 aromatic heterocycles. The predicted molar refractivity (Wildman–Crippen MR) is 74.7 cm³/mol. The topological polar surface area (TPSA) is 92.3 Å². The summed E-state index contributed by atoms with van der Waals surface area (Å²) in [4.78, 5) is 13.8. The number of anilines is 1. The Morgan fingerprint density at radius 2 is 1.90 bits per heavy atom. The van der Waals surface area contributed by atoms with E-state index in [9.17, 15) is 4.79 Å². The van der Waals surface area contributed by atoms with Gasteiger partial charge in [-0.25, -0.2) is 0 Å².